The quantitative estimate of drug-likeness (QED) is 0.717. The van der Waals surface area contributed by atoms with Gasteiger partial charge in [-0.15, -0.1) is 0 Å². The second kappa shape index (κ2) is 3.50. The van der Waals surface area contributed by atoms with Crippen molar-refractivity contribution in [1.29, 1.82) is 0 Å². The summed E-state index contributed by atoms with van der Waals surface area (Å²) < 4.78 is 0. The zero-order chi connectivity index (χ0) is 13.1. The Bertz CT molecular complexity index is 586. The molecule has 0 radical (unpaired) electrons. The second-order valence-electron chi connectivity index (χ2n) is 5.51. The van der Waals surface area contributed by atoms with E-state index in [0.29, 0.717) is 6.42 Å². The summed E-state index contributed by atoms with van der Waals surface area (Å²) in [6.45, 7) is 1.74. The molecule has 0 bridgehead atoms. The Morgan fingerprint density at radius 3 is 2.84 bits per heavy atom. The lowest BCUT2D eigenvalue weighted by Gasteiger charge is -2.36. The van der Waals surface area contributed by atoms with E-state index in [4.69, 9.17) is 0 Å². The van der Waals surface area contributed by atoms with Crippen molar-refractivity contribution in [2.24, 2.45) is 0 Å². The van der Waals surface area contributed by atoms with Gasteiger partial charge >= 0.3 is 0 Å². The van der Waals surface area contributed by atoms with Crippen LogP contribution >= 0.6 is 0 Å². The first-order valence-electron chi connectivity index (χ1n) is 6.65. The first-order chi connectivity index (χ1) is 9.16. The van der Waals surface area contributed by atoms with Crippen LogP contribution in [0.15, 0.2) is 24.3 Å². The van der Waals surface area contributed by atoms with Crippen molar-refractivity contribution in [3.63, 3.8) is 0 Å². The number of carbonyl (C=O) groups is 2. The molecule has 3 aliphatic rings. The highest BCUT2D eigenvalue weighted by Gasteiger charge is 2.53. The van der Waals surface area contributed by atoms with E-state index >= 15 is 0 Å². The van der Waals surface area contributed by atoms with Crippen molar-refractivity contribution in [3.8, 4) is 0 Å². The van der Waals surface area contributed by atoms with E-state index < -0.39 is 6.04 Å². The third kappa shape index (κ3) is 1.30. The van der Waals surface area contributed by atoms with E-state index in [0.717, 1.165) is 5.69 Å². The summed E-state index contributed by atoms with van der Waals surface area (Å²) in [5.74, 6) is 0.208. The molecular formula is C14H15N3O2. The van der Waals surface area contributed by atoms with Gasteiger partial charge < -0.3 is 15.5 Å². The van der Waals surface area contributed by atoms with Crippen LogP contribution in [0.4, 0.5) is 5.69 Å². The molecule has 5 heteroatoms. The van der Waals surface area contributed by atoms with Crippen LogP contribution in [0.1, 0.15) is 24.8 Å². The molecule has 5 nitrogen and oxygen atoms in total. The van der Waals surface area contributed by atoms with Gasteiger partial charge in [-0.1, -0.05) is 18.2 Å². The molecule has 0 aliphatic carbocycles. The molecular weight excluding hydrogens is 242 g/mol. The fraction of sp³-hybridized carbons (Fsp3) is 0.429. The minimum absolute atomic E-state index is 0.0115. The summed E-state index contributed by atoms with van der Waals surface area (Å²) in [7, 11) is 0. The first kappa shape index (κ1) is 10.8. The monoisotopic (exact) mass is 257 g/mol. The number of amides is 2. The molecule has 2 amide bonds. The SMILES string of the molecule is C[C@H]1NC(=O)[C@H]2C[C@@H]3c4ccccc4N[C@@H]3N2C1=O. The van der Waals surface area contributed by atoms with Crippen molar-refractivity contribution >= 4 is 17.5 Å². The topological polar surface area (TPSA) is 61.4 Å². The Balaban J connectivity index is 1.76. The highest BCUT2D eigenvalue weighted by atomic mass is 16.2. The number of hydrogen-bond donors (Lipinski definition) is 2. The molecule has 98 valence electrons. The predicted octanol–water partition coefficient (Wildman–Crippen LogP) is 0.641. The van der Waals surface area contributed by atoms with Crippen LogP contribution in [0.5, 0.6) is 0 Å². The number of nitrogens with one attached hydrogen (secondary N) is 2. The zero-order valence-corrected chi connectivity index (χ0v) is 10.6. The highest BCUT2D eigenvalue weighted by Crippen LogP contribution is 2.46. The van der Waals surface area contributed by atoms with Gasteiger partial charge in [-0.25, -0.2) is 0 Å². The Hall–Kier alpha value is -2.04. The molecule has 1 aromatic carbocycles. The van der Waals surface area contributed by atoms with Crippen LogP contribution in [-0.2, 0) is 9.59 Å². The molecule has 0 aromatic heterocycles. The van der Waals surface area contributed by atoms with Crippen LogP contribution in [0, 0.1) is 0 Å². The van der Waals surface area contributed by atoms with Crippen molar-refractivity contribution < 1.29 is 9.59 Å². The average molecular weight is 257 g/mol. The van der Waals surface area contributed by atoms with E-state index in [9.17, 15) is 9.59 Å². The zero-order valence-electron chi connectivity index (χ0n) is 10.6. The third-order valence-electron chi connectivity index (χ3n) is 4.44. The van der Waals surface area contributed by atoms with Crippen LogP contribution in [-0.4, -0.2) is 35.0 Å². The van der Waals surface area contributed by atoms with Gasteiger partial charge in [-0.2, -0.15) is 0 Å². The van der Waals surface area contributed by atoms with Gasteiger partial charge in [-0.3, -0.25) is 9.59 Å². The van der Waals surface area contributed by atoms with Gasteiger partial charge in [0.2, 0.25) is 11.8 Å². The van der Waals surface area contributed by atoms with Gasteiger partial charge in [0.1, 0.15) is 18.2 Å². The summed E-state index contributed by atoms with van der Waals surface area (Å²) in [4.78, 5) is 26.1. The van der Waals surface area contributed by atoms with Gasteiger partial charge in [0, 0.05) is 11.6 Å². The fourth-order valence-electron chi connectivity index (χ4n) is 3.57. The highest BCUT2D eigenvalue weighted by molar-refractivity contribution is 5.98. The Morgan fingerprint density at radius 1 is 1.21 bits per heavy atom. The minimum Gasteiger partial charge on any atom is -0.364 e. The molecule has 3 heterocycles. The Kier molecular flexibility index (Phi) is 2.00. The molecule has 4 rings (SSSR count). The van der Waals surface area contributed by atoms with Crippen molar-refractivity contribution in [1.82, 2.24) is 10.2 Å². The average Bonchev–Trinajstić information content (AvgIpc) is 2.92. The third-order valence-corrected chi connectivity index (χ3v) is 4.44. The Labute approximate surface area is 111 Å². The molecule has 2 saturated heterocycles. The van der Waals surface area contributed by atoms with Crippen molar-refractivity contribution in [2.75, 3.05) is 5.32 Å². The molecule has 0 spiro atoms. The lowest BCUT2D eigenvalue weighted by Crippen LogP contribution is -2.62. The van der Waals surface area contributed by atoms with Crippen LogP contribution in [0.2, 0.25) is 0 Å². The van der Waals surface area contributed by atoms with E-state index in [2.05, 4.69) is 16.7 Å². The summed E-state index contributed by atoms with van der Waals surface area (Å²) in [6, 6.07) is 7.35. The molecule has 3 aliphatic heterocycles. The van der Waals surface area contributed by atoms with Crippen molar-refractivity contribution in [3.05, 3.63) is 29.8 Å². The lowest BCUT2D eigenvalue weighted by molar-refractivity contribution is -0.148. The summed E-state index contributed by atoms with van der Waals surface area (Å²) in [5, 5.41) is 6.15. The van der Waals surface area contributed by atoms with Crippen LogP contribution < -0.4 is 10.6 Å². The summed E-state index contributed by atoms with van der Waals surface area (Å²) in [6.07, 6.45) is 0.641. The second-order valence-corrected chi connectivity index (χ2v) is 5.51. The number of para-hydroxylation sites is 1. The predicted molar refractivity (Wildman–Crippen MR) is 69.4 cm³/mol. The van der Waals surface area contributed by atoms with Crippen LogP contribution in [0.25, 0.3) is 0 Å². The summed E-state index contributed by atoms with van der Waals surface area (Å²) >= 11 is 0. The number of hydrogen-bond acceptors (Lipinski definition) is 3. The molecule has 0 saturated carbocycles. The molecule has 2 N–H and O–H groups in total. The standard InChI is InChI=1S/C14H15N3O2/c1-7-14(19)17-11(13(18)15-7)6-9-8-4-2-3-5-10(8)16-12(9)17/h2-5,7,9,11-12,16H,6H2,1H3,(H,15,18)/t7-,9-,11-,12-/m1/s1. The van der Waals surface area contributed by atoms with Gasteiger partial charge in [-0.05, 0) is 25.0 Å². The first-order valence-corrected chi connectivity index (χ1v) is 6.65. The number of anilines is 1. The van der Waals surface area contributed by atoms with Gasteiger partial charge in [0.15, 0.2) is 0 Å². The van der Waals surface area contributed by atoms with E-state index in [1.165, 1.54) is 5.56 Å². The smallest absolute Gasteiger partial charge is 0.247 e. The lowest BCUT2D eigenvalue weighted by atomic mass is 9.96. The summed E-state index contributed by atoms with van der Waals surface area (Å²) in [5.41, 5.74) is 2.30. The maximum absolute atomic E-state index is 12.3. The van der Waals surface area contributed by atoms with Gasteiger partial charge in [0.05, 0.1) is 0 Å². The molecule has 2 fully saturated rings. The van der Waals surface area contributed by atoms with Gasteiger partial charge in [0.25, 0.3) is 0 Å². The number of carbonyl (C=O) groups excluding carboxylic acids is 2. The van der Waals surface area contributed by atoms with Crippen molar-refractivity contribution in [2.45, 2.75) is 37.5 Å². The number of fused-ring (bicyclic) bond motifs is 5. The minimum atomic E-state index is -0.423. The molecule has 4 atom stereocenters. The Morgan fingerprint density at radius 2 is 2.00 bits per heavy atom. The normalized spacial score (nSPS) is 35.3. The van der Waals surface area contributed by atoms with E-state index in [1.807, 2.05) is 18.2 Å². The molecule has 0 unspecified atom stereocenters. The number of piperazine rings is 1. The van der Waals surface area contributed by atoms with E-state index in [1.54, 1.807) is 11.8 Å². The maximum atomic E-state index is 12.3. The number of benzene rings is 1. The molecule has 1 aromatic rings. The largest absolute Gasteiger partial charge is 0.364 e. The number of rotatable bonds is 0. The van der Waals surface area contributed by atoms with Crippen LogP contribution in [0.3, 0.4) is 0 Å². The van der Waals surface area contributed by atoms with E-state index in [-0.39, 0.29) is 29.9 Å². The fourth-order valence-corrected chi connectivity index (χ4v) is 3.57. The molecule has 19 heavy (non-hydrogen) atoms. The number of nitrogens with zero attached hydrogens (tertiary/aromatic N) is 1. The maximum Gasteiger partial charge on any atom is 0.247 e.